The van der Waals surface area contributed by atoms with Crippen molar-refractivity contribution in [1.82, 2.24) is 25.2 Å². The van der Waals surface area contributed by atoms with Crippen molar-refractivity contribution in [3.8, 4) is 11.6 Å². The van der Waals surface area contributed by atoms with Crippen LogP contribution in [0.1, 0.15) is 79.6 Å². The number of hydrogen-bond acceptors (Lipinski definition) is 10. The van der Waals surface area contributed by atoms with E-state index in [-0.39, 0.29) is 44.0 Å². The summed E-state index contributed by atoms with van der Waals surface area (Å²) in [5, 5.41) is 6.34. The number of hydrogen-bond donors (Lipinski definition) is 3. The molecule has 4 aliphatic rings. The molecule has 2 aliphatic heterocycles. The molecule has 4 amide bonds. The number of ether oxygens (including phenoxy) is 3. The second-order valence-electron chi connectivity index (χ2n) is 16.8. The predicted octanol–water partition coefficient (Wildman–Crippen LogP) is 5.25. The van der Waals surface area contributed by atoms with Crippen molar-refractivity contribution in [1.29, 1.82) is 0 Å². The molecule has 6 rings (SSSR count). The molecular weight excluding hydrogens is 803 g/mol. The molecule has 1 aromatic heterocycles. The van der Waals surface area contributed by atoms with Gasteiger partial charge in [-0.2, -0.15) is 13.2 Å². The van der Waals surface area contributed by atoms with E-state index < -0.39 is 92.6 Å². The molecule has 3 fully saturated rings. The highest BCUT2D eigenvalue weighted by molar-refractivity contribution is 7.91. The first kappa shape index (κ1) is 43.9. The topological polar surface area (TPSA) is 182 Å². The number of pyridine rings is 1. The first-order valence-electron chi connectivity index (χ1n) is 19.8. The molecule has 7 unspecified atom stereocenters. The number of allylic oxidation sites excluding steroid dienone is 1. The third-order valence-corrected chi connectivity index (χ3v) is 14.0. The lowest BCUT2D eigenvalue weighted by Crippen LogP contribution is -2.60. The third-order valence-electron chi connectivity index (χ3n) is 11.9. The SMILES string of the molecule is CCOc1cnc(OC2CC3C(=O)NC4(C(=O)NS(=O)(=O)C5(CF)CC5)CC4C=CCCC(C)CC(C)C(NC(=O)OC(C)(C)C(F)(F)F)C(=O)N3C2)c2ccccc12. The standard InChI is InChI=1S/C40H51F4N5O9S/c1-6-56-30-20-45-33(28-14-10-9-13-27(28)30)57-26-18-29-32(50)47-39(35(52)48-59(54,55)38(22-41)15-16-38)19-25(39)12-8-7-11-23(2)17-24(3)31(34(51)49(29)21-26)46-36(53)58-37(4,5)40(42,43)44/h8-10,12-14,20,23-26,29,31H,6-7,11,15-19,21-22H2,1-5H3,(H,46,53)(H,47,50)(H,48,52). The number of carbonyl (C=O) groups excluding carboxylic acids is 4. The highest BCUT2D eigenvalue weighted by Gasteiger charge is 2.64. The zero-order valence-electron chi connectivity index (χ0n) is 33.6. The number of halogens is 4. The molecule has 3 N–H and O–H groups in total. The van der Waals surface area contributed by atoms with Crippen molar-refractivity contribution in [2.45, 2.75) is 120 Å². The minimum Gasteiger partial charge on any atom is -0.492 e. The molecule has 0 spiro atoms. The highest BCUT2D eigenvalue weighted by Crippen LogP contribution is 2.48. The van der Waals surface area contributed by atoms with Crippen LogP contribution < -0.4 is 24.8 Å². The van der Waals surface area contributed by atoms with Crippen LogP contribution >= 0.6 is 0 Å². The van der Waals surface area contributed by atoms with E-state index in [0.717, 1.165) is 4.90 Å². The van der Waals surface area contributed by atoms with Gasteiger partial charge in [-0.1, -0.05) is 44.2 Å². The molecule has 0 bridgehead atoms. The monoisotopic (exact) mass is 853 g/mol. The van der Waals surface area contributed by atoms with Crippen molar-refractivity contribution in [3.05, 3.63) is 42.6 Å². The van der Waals surface area contributed by atoms with Crippen LogP contribution in [0.3, 0.4) is 0 Å². The van der Waals surface area contributed by atoms with Crippen LogP contribution in [0.2, 0.25) is 0 Å². The van der Waals surface area contributed by atoms with E-state index in [0.29, 0.717) is 56.2 Å². The first-order valence-corrected chi connectivity index (χ1v) is 21.3. The number of amides is 4. The largest absolute Gasteiger partial charge is 0.492 e. The number of fused-ring (bicyclic) bond motifs is 3. The summed E-state index contributed by atoms with van der Waals surface area (Å²) in [7, 11) is -4.46. The van der Waals surface area contributed by atoms with Crippen LogP contribution in [0.5, 0.6) is 11.6 Å². The number of nitrogens with one attached hydrogen (secondary N) is 3. The van der Waals surface area contributed by atoms with Crippen molar-refractivity contribution in [3.63, 3.8) is 0 Å². The lowest BCUT2D eigenvalue weighted by atomic mass is 9.88. The van der Waals surface area contributed by atoms with Crippen LogP contribution in [0.4, 0.5) is 22.4 Å². The number of alkyl halides is 4. The first-order chi connectivity index (χ1) is 27.7. The Balaban J connectivity index is 1.36. The normalized spacial score (nSPS) is 28.6. The van der Waals surface area contributed by atoms with E-state index in [1.54, 1.807) is 31.2 Å². The molecule has 19 heteroatoms. The molecular formula is C40H51F4N5O9S. The van der Waals surface area contributed by atoms with E-state index in [1.807, 2.05) is 30.7 Å². The second-order valence-corrected chi connectivity index (χ2v) is 18.8. The Morgan fingerprint density at radius 2 is 1.78 bits per heavy atom. The summed E-state index contributed by atoms with van der Waals surface area (Å²) in [4.78, 5) is 61.9. The summed E-state index contributed by atoms with van der Waals surface area (Å²) in [6, 6.07) is 4.29. The maximum atomic E-state index is 14.8. The summed E-state index contributed by atoms with van der Waals surface area (Å²) in [6.45, 7) is 5.68. The maximum absolute atomic E-state index is 14.8. The summed E-state index contributed by atoms with van der Waals surface area (Å²) in [6.07, 6.45) is -1.01. The molecule has 2 saturated carbocycles. The molecule has 1 aromatic carbocycles. The molecule has 0 radical (unpaired) electrons. The van der Waals surface area contributed by atoms with E-state index in [1.165, 1.54) is 6.20 Å². The van der Waals surface area contributed by atoms with Gasteiger partial charge in [0.15, 0.2) is 0 Å². The summed E-state index contributed by atoms with van der Waals surface area (Å²) in [5.41, 5.74) is -4.67. The van der Waals surface area contributed by atoms with Crippen LogP contribution in [0.15, 0.2) is 42.6 Å². The predicted molar refractivity (Wildman–Crippen MR) is 206 cm³/mol. The van der Waals surface area contributed by atoms with Crippen LogP contribution in [-0.4, -0.2) is 102 Å². The lowest BCUT2D eigenvalue weighted by Gasteiger charge is -2.34. The molecule has 59 heavy (non-hydrogen) atoms. The van der Waals surface area contributed by atoms with Gasteiger partial charge in [0.25, 0.3) is 5.91 Å². The number of carbonyl (C=O) groups is 4. The number of nitrogens with zero attached hydrogens (tertiary/aromatic N) is 2. The highest BCUT2D eigenvalue weighted by atomic mass is 32.2. The number of sulfonamides is 1. The number of aromatic nitrogens is 1. The zero-order chi connectivity index (χ0) is 43.1. The number of alkyl carbamates (subject to hydrolysis) is 1. The molecule has 2 aromatic rings. The fourth-order valence-electron chi connectivity index (χ4n) is 7.86. The fraction of sp³-hybridized carbons (Fsp3) is 0.625. The summed E-state index contributed by atoms with van der Waals surface area (Å²) < 4.78 is 98.6. The Bertz CT molecular complexity index is 2100. The average molecular weight is 854 g/mol. The van der Waals surface area contributed by atoms with Gasteiger partial charge in [-0.3, -0.25) is 19.1 Å². The van der Waals surface area contributed by atoms with Crippen molar-refractivity contribution < 1.29 is 59.4 Å². The van der Waals surface area contributed by atoms with E-state index in [9.17, 15) is 45.2 Å². The van der Waals surface area contributed by atoms with Crippen LogP contribution in [-0.2, 0) is 29.1 Å². The Kier molecular flexibility index (Phi) is 12.2. The summed E-state index contributed by atoms with van der Waals surface area (Å²) >= 11 is 0. The van der Waals surface area contributed by atoms with Gasteiger partial charge in [0.05, 0.1) is 19.3 Å². The molecule has 3 heterocycles. The van der Waals surface area contributed by atoms with Gasteiger partial charge in [-0.05, 0) is 77.2 Å². The van der Waals surface area contributed by atoms with E-state index >= 15 is 0 Å². The summed E-state index contributed by atoms with van der Waals surface area (Å²) in [5.74, 6) is -3.43. The van der Waals surface area contributed by atoms with Crippen LogP contribution in [0.25, 0.3) is 10.8 Å². The molecule has 7 atom stereocenters. The van der Waals surface area contributed by atoms with Gasteiger partial charge in [-0.25, -0.2) is 22.6 Å². The zero-order valence-corrected chi connectivity index (χ0v) is 34.4. The van der Waals surface area contributed by atoms with E-state index in [2.05, 4.69) is 15.6 Å². The smallest absolute Gasteiger partial charge is 0.427 e. The third kappa shape index (κ3) is 8.94. The Hall–Kier alpha value is -4.68. The average Bonchev–Trinajstić information content (AvgIpc) is 4.07. The Morgan fingerprint density at radius 3 is 2.42 bits per heavy atom. The molecule has 1 saturated heterocycles. The number of benzene rings is 1. The number of rotatable bonds is 10. The minimum atomic E-state index is -4.93. The van der Waals surface area contributed by atoms with Crippen molar-refractivity contribution in [2.75, 3.05) is 19.8 Å². The Labute approximate surface area is 340 Å². The maximum Gasteiger partial charge on any atom is 0.427 e. The van der Waals surface area contributed by atoms with Gasteiger partial charge in [-0.15, -0.1) is 0 Å². The van der Waals surface area contributed by atoms with Gasteiger partial charge in [0, 0.05) is 23.1 Å². The lowest BCUT2D eigenvalue weighted by molar-refractivity contribution is -0.244. The minimum absolute atomic E-state index is 0.0134. The quantitative estimate of drug-likeness (QED) is 0.211. The van der Waals surface area contributed by atoms with Gasteiger partial charge < -0.3 is 29.7 Å². The van der Waals surface area contributed by atoms with Gasteiger partial charge >= 0.3 is 12.3 Å². The second kappa shape index (κ2) is 16.4. The molecule has 324 valence electrons. The van der Waals surface area contributed by atoms with Gasteiger partial charge in [0.1, 0.15) is 40.9 Å². The van der Waals surface area contributed by atoms with Crippen molar-refractivity contribution in [2.24, 2.45) is 17.8 Å². The Morgan fingerprint density at radius 1 is 1.08 bits per heavy atom. The molecule has 2 aliphatic carbocycles. The van der Waals surface area contributed by atoms with E-state index in [4.69, 9.17) is 14.2 Å². The van der Waals surface area contributed by atoms with Crippen molar-refractivity contribution >= 4 is 44.6 Å². The van der Waals surface area contributed by atoms with Gasteiger partial charge in [0.2, 0.25) is 33.3 Å². The van der Waals surface area contributed by atoms with Crippen LogP contribution in [0, 0.1) is 17.8 Å². The fourth-order valence-corrected chi connectivity index (χ4v) is 9.29. The molecule has 14 nitrogen and oxygen atoms in total.